The molecule has 4 heteroatoms. The molecule has 0 saturated heterocycles. The smallest absolute Gasteiger partial charge is 0.0613 e. The normalized spacial score (nSPS) is 29.3. The zero-order valence-corrected chi connectivity index (χ0v) is 13.8. The topological polar surface area (TPSA) is 50.7 Å². The van der Waals surface area contributed by atoms with Gasteiger partial charge in [0.05, 0.1) is 18.8 Å². The lowest BCUT2D eigenvalue weighted by Crippen LogP contribution is -2.49. The van der Waals surface area contributed by atoms with Crippen LogP contribution in [0.15, 0.2) is 0 Å². The SMILES string of the molecule is CCC(CO)(CCCOC1CCCC(OC)C1)NC1CC1. The number of ether oxygens (including phenoxy) is 2. The van der Waals surface area contributed by atoms with Crippen molar-refractivity contribution in [2.24, 2.45) is 0 Å². The fourth-order valence-electron chi connectivity index (χ4n) is 3.38. The maximum atomic E-state index is 9.75. The summed E-state index contributed by atoms with van der Waals surface area (Å²) in [6.07, 6.45) is 10.9. The van der Waals surface area contributed by atoms with E-state index in [1.54, 1.807) is 7.11 Å². The molecule has 2 fully saturated rings. The molecular weight excluding hydrogens is 266 g/mol. The third-order valence-corrected chi connectivity index (χ3v) is 5.13. The van der Waals surface area contributed by atoms with Gasteiger partial charge in [0, 0.05) is 25.3 Å². The van der Waals surface area contributed by atoms with Crippen LogP contribution in [0.1, 0.15) is 64.7 Å². The highest BCUT2D eigenvalue weighted by molar-refractivity contribution is 4.94. The minimum Gasteiger partial charge on any atom is -0.394 e. The Morgan fingerprint density at radius 1 is 1.19 bits per heavy atom. The highest BCUT2D eigenvalue weighted by atomic mass is 16.5. The van der Waals surface area contributed by atoms with Gasteiger partial charge in [0.2, 0.25) is 0 Å². The van der Waals surface area contributed by atoms with Crippen LogP contribution in [-0.4, -0.2) is 49.2 Å². The molecule has 2 rings (SSSR count). The molecule has 124 valence electrons. The minimum atomic E-state index is -0.0911. The first-order valence-electron chi connectivity index (χ1n) is 8.74. The van der Waals surface area contributed by atoms with Crippen molar-refractivity contribution in [1.29, 1.82) is 0 Å². The summed E-state index contributed by atoms with van der Waals surface area (Å²) in [5.41, 5.74) is -0.0911. The Morgan fingerprint density at radius 2 is 1.95 bits per heavy atom. The predicted molar refractivity (Wildman–Crippen MR) is 84.5 cm³/mol. The van der Waals surface area contributed by atoms with Crippen molar-refractivity contribution in [2.75, 3.05) is 20.3 Å². The van der Waals surface area contributed by atoms with Crippen molar-refractivity contribution in [3.8, 4) is 0 Å². The Hall–Kier alpha value is -0.160. The Morgan fingerprint density at radius 3 is 2.57 bits per heavy atom. The maximum absolute atomic E-state index is 9.75. The van der Waals surface area contributed by atoms with E-state index in [1.807, 2.05) is 0 Å². The van der Waals surface area contributed by atoms with E-state index < -0.39 is 0 Å². The minimum absolute atomic E-state index is 0.0911. The zero-order chi connectivity index (χ0) is 15.1. The monoisotopic (exact) mass is 299 g/mol. The third-order valence-electron chi connectivity index (χ3n) is 5.13. The van der Waals surface area contributed by atoms with Crippen LogP contribution >= 0.6 is 0 Å². The summed E-state index contributed by atoms with van der Waals surface area (Å²) < 4.78 is 11.5. The van der Waals surface area contributed by atoms with Crippen molar-refractivity contribution >= 4 is 0 Å². The molecule has 21 heavy (non-hydrogen) atoms. The van der Waals surface area contributed by atoms with E-state index in [9.17, 15) is 5.11 Å². The van der Waals surface area contributed by atoms with Crippen molar-refractivity contribution in [2.45, 2.75) is 88.5 Å². The van der Waals surface area contributed by atoms with Gasteiger partial charge in [-0.2, -0.15) is 0 Å². The van der Waals surface area contributed by atoms with Crippen LogP contribution in [0, 0.1) is 0 Å². The van der Waals surface area contributed by atoms with Crippen molar-refractivity contribution in [3.05, 3.63) is 0 Å². The number of hydrogen-bond acceptors (Lipinski definition) is 4. The van der Waals surface area contributed by atoms with Gasteiger partial charge in [-0.25, -0.2) is 0 Å². The Labute approximate surface area is 129 Å². The molecule has 2 N–H and O–H groups in total. The van der Waals surface area contributed by atoms with Crippen LogP contribution in [-0.2, 0) is 9.47 Å². The molecule has 0 aromatic heterocycles. The van der Waals surface area contributed by atoms with Crippen LogP contribution in [0.5, 0.6) is 0 Å². The third kappa shape index (κ3) is 5.51. The lowest BCUT2D eigenvalue weighted by Gasteiger charge is -2.33. The van der Waals surface area contributed by atoms with Crippen molar-refractivity contribution < 1.29 is 14.6 Å². The van der Waals surface area contributed by atoms with E-state index in [-0.39, 0.29) is 12.1 Å². The summed E-state index contributed by atoms with van der Waals surface area (Å²) in [5.74, 6) is 0. The summed E-state index contributed by atoms with van der Waals surface area (Å²) in [6, 6.07) is 0.638. The van der Waals surface area contributed by atoms with Crippen LogP contribution in [0.3, 0.4) is 0 Å². The summed E-state index contributed by atoms with van der Waals surface area (Å²) in [6.45, 7) is 3.20. The number of aliphatic hydroxyl groups is 1. The Kier molecular flexibility index (Phi) is 6.93. The van der Waals surface area contributed by atoms with Gasteiger partial charge in [-0.3, -0.25) is 0 Å². The molecule has 2 aliphatic rings. The molecule has 4 nitrogen and oxygen atoms in total. The van der Waals surface area contributed by atoms with E-state index in [4.69, 9.17) is 9.47 Å². The molecule has 2 aliphatic carbocycles. The standard InChI is InChI=1S/C17H33NO3/c1-3-17(13-19,18-14-8-9-14)10-5-11-21-16-7-4-6-15(12-16)20-2/h14-16,18-19H,3-13H2,1-2H3. The van der Waals surface area contributed by atoms with Gasteiger partial charge in [-0.1, -0.05) is 6.92 Å². The lowest BCUT2D eigenvalue weighted by atomic mass is 9.91. The van der Waals surface area contributed by atoms with Gasteiger partial charge >= 0.3 is 0 Å². The number of nitrogens with one attached hydrogen (secondary N) is 1. The van der Waals surface area contributed by atoms with Crippen molar-refractivity contribution in [1.82, 2.24) is 5.32 Å². The Bertz CT molecular complexity index is 290. The van der Waals surface area contributed by atoms with Crippen molar-refractivity contribution in [3.63, 3.8) is 0 Å². The molecule has 3 unspecified atom stereocenters. The van der Waals surface area contributed by atoms with Gasteiger partial charge in [0.15, 0.2) is 0 Å². The first kappa shape index (κ1) is 17.2. The molecular formula is C17H33NO3. The summed E-state index contributed by atoms with van der Waals surface area (Å²) in [7, 11) is 1.80. The molecule has 0 aromatic rings. The molecule has 3 atom stereocenters. The Balaban J connectivity index is 1.65. The van der Waals surface area contributed by atoms with Gasteiger partial charge in [-0.05, 0) is 57.8 Å². The quantitative estimate of drug-likeness (QED) is 0.609. The van der Waals surface area contributed by atoms with Crippen LogP contribution < -0.4 is 5.32 Å². The molecule has 0 aromatic carbocycles. The molecule has 0 radical (unpaired) electrons. The number of aliphatic hydroxyl groups excluding tert-OH is 1. The second kappa shape index (κ2) is 8.47. The first-order valence-corrected chi connectivity index (χ1v) is 8.74. The maximum Gasteiger partial charge on any atom is 0.0613 e. The molecule has 0 aliphatic heterocycles. The average molecular weight is 299 g/mol. The molecule has 0 bridgehead atoms. The first-order chi connectivity index (χ1) is 10.2. The lowest BCUT2D eigenvalue weighted by molar-refractivity contribution is -0.0321. The zero-order valence-electron chi connectivity index (χ0n) is 13.8. The second-order valence-corrected chi connectivity index (χ2v) is 6.83. The molecule has 0 spiro atoms. The van der Waals surface area contributed by atoms with E-state index in [0.717, 1.165) is 32.3 Å². The second-order valence-electron chi connectivity index (χ2n) is 6.83. The summed E-state index contributed by atoms with van der Waals surface area (Å²) in [4.78, 5) is 0. The predicted octanol–water partition coefficient (Wildman–Crippen LogP) is 2.63. The van der Waals surface area contributed by atoms with E-state index in [0.29, 0.717) is 18.2 Å². The van der Waals surface area contributed by atoms with E-state index >= 15 is 0 Å². The average Bonchev–Trinajstić information content (AvgIpc) is 3.34. The fraction of sp³-hybridized carbons (Fsp3) is 1.00. The fourth-order valence-corrected chi connectivity index (χ4v) is 3.38. The van der Waals surface area contributed by atoms with Gasteiger partial charge in [0.1, 0.15) is 0 Å². The van der Waals surface area contributed by atoms with E-state index in [2.05, 4.69) is 12.2 Å². The number of rotatable bonds is 10. The van der Waals surface area contributed by atoms with Gasteiger partial charge in [-0.15, -0.1) is 0 Å². The highest BCUT2D eigenvalue weighted by Crippen LogP contribution is 2.27. The summed E-state index contributed by atoms with van der Waals surface area (Å²) >= 11 is 0. The van der Waals surface area contributed by atoms with Crippen LogP contribution in [0.2, 0.25) is 0 Å². The van der Waals surface area contributed by atoms with Gasteiger partial charge < -0.3 is 19.9 Å². The number of methoxy groups -OCH3 is 1. The van der Waals surface area contributed by atoms with Crippen LogP contribution in [0.25, 0.3) is 0 Å². The summed E-state index contributed by atoms with van der Waals surface area (Å²) in [5, 5.41) is 13.4. The number of hydrogen-bond donors (Lipinski definition) is 2. The molecule has 0 amide bonds. The van der Waals surface area contributed by atoms with Gasteiger partial charge in [0.25, 0.3) is 0 Å². The largest absolute Gasteiger partial charge is 0.394 e. The highest BCUT2D eigenvalue weighted by Gasteiger charge is 2.34. The molecule has 0 heterocycles. The van der Waals surface area contributed by atoms with Crippen LogP contribution in [0.4, 0.5) is 0 Å². The van der Waals surface area contributed by atoms with E-state index in [1.165, 1.54) is 32.1 Å². The molecule has 2 saturated carbocycles.